The van der Waals surface area contributed by atoms with Gasteiger partial charge in [-0.15, -0.1) is 0 Å². The highest BCUT2D eigenvalue weighted by atomic mass is 14.3. The van der Waals surface area contributed by atoms with Gasteiger partial charge in [0, 0.05) is 0 Å². The predicted octanol–water partition coefficient (Wildman–Crippen LogP) is 5.28. The summed E-state index contributed by atoms with van der Waals surface area (Å²) in [6, 6.07) is 0. The SMILES string of the molecule is CCCCCC1C[C@H](C)CC[C@@H]1C(C)C. The molecule has 0 aromatic carbocycles. The number of unbranched alkanes of at least 4 members (excludes halogenated alkanes) is 2. The first-order chi connectivity index (χ1) is 7.15. The minimum absolute atomic E-state index is 0.907. The maximum absolute atomic E-state index is 2.45. The Morgan fingerprint density at radius 2 is 1.87 bits per heavy atom. The van der Waals surface area contributed by atoms with Gasteiger partial charge in [-0.2, -0.15) is 0 Å². The highest BCUT2D eigenvalue weighted by Gasteiger charge is 2.29. The maximum atomic E-state index is 2.45. The van der Waals surface area contributed by atoms with E-state index in [9.17, 15) is 0 Å². The van der Waals surface area contributed by atoms with E-state index in [-0.39, 0.29) is 0 Å². The summed E-state index contributed by atoms with van der Waals surface area (Å²) in [5, 5.41) is 0. The Bertz CT molecular complexity index is 159. The first-order valence-electron chi connectivity index (χ1n) is 7.15. The van der Waals surface area contributed by atoms with Gasteiger partial charge in [0.2, 0.25) is 0 Å². The molecule has 0 nitrogen and oxygen atoms in total. The lowest BCUT2D eigenvalue weighted by Gasteiger charge is -2.37. The van der Waals surface area contributed by atoms with Gasteiger partial charge in [-0.1, -0.05) is 59.8 Å². The van der Waals surface area contributed by atoms with Gasteiger partial charge in [0.1, 0.15) is 0 Å². The van der Waals surface area contributed by atoms with Crippen molar-refractivity contribution in [1.82, 2.24) is 0 Å². The molecule has 3 atom stereocenters. The molecule has 0 N–H and O–H groups in total. The highest BCUT2D eigenvalue weighted by Crippen LogP contribution is 2.40. The van der Waals surface area contributed by atoms with Gasteiger partial charge in [-0.05, 0) is 36.5 Å². The lowest BCUT2D eigenvalue weighted by molar-refractivity contribution is 0.133. The average molecular weight is 210 g/mol. The van der Waals surface area contributed by atoms with Gasteiger partial charge in [0.25, 0.3) is 0 Å². The van der Waals surface area contributed by atoms with Crippen molar-refractivity contribution >= 4 is 0 Å². The van der Waals surface area contributed by atoms with Crippen molar-refractivity contribution in [1.29, 1.82) is 0 Å². The smallest absolute Gasteiger partial charge is 0.0362 e. The molecule has 90 valence electrons. The Labute approximate surface area is 96.8 Å². The molecule has 1 rings (SSSR count). The van der Waals surface area contributed by atoms with Gasteiger partial charge >= 0.3 is 0 Å². The van der Waals surface area contributed by atoms with Gasteiger partial charge < -0.3 is 0 Å². The number of rotatable bonds is 5. The second kappa shape index (κ2) is 6.55. The lowest BCUT2D eigenvalue weighted by Crippen LogP contribution is -2.27. The van der Waals surface area contributed by atoms with Gasteiger partial charge in [0.15, 0.2) is 0 Å². The van der Waals surface area contributed by atoms with E-state index in [2.05, 4.69) is 27.7 Å². The van der Waals surface area contributed by atoms with Gasteiger partial charge in [-0.25, -0.2) is 0 Å². The van der Waals surface area contributed by atoms with Crippen LogP contribution >= 0.6 is 0 Å². The number of hydrogen-bond acceptors (Lipinski definition) is 0. The highest BCUT2D eigenvalue weighted by molar-refractivity contribution is 4.80. The van der Waals surface area contributed by atoms with Crippen molar-refractivity contribution in [2.45, 2.75) is 72.6 Å². The fourth-order valence-corrected chi connectivity index (χ4v) is 3.39. The summed E-state index contributed by atoms with van der Waals surface area (Å²) in [6.07, 6.45) is 10.3. The molecule has 1 aliphatic carbocycles. The summed E-state index contributed by atoms with van der Waals surface area (Å²) < 4.78 is 0. The van der Waals surface area contributed by atoms with E-state index in [4.69, 9.17) is 0 Å². The van der Waals surface area contributed by atoms with Crippen molar-refractivity contribution in [3.05, 3.63) is 0 Å². The Kier molecular flexibility index (Phi) is 5.71. The summed E-state index contributed by atoms with van der Waals surface area (Å²) in [5.41, 5.74) is 0. The Hall–Kier alpha value is 0. The Morgan fingerprint density at radius 1 is 1.13 bits per heavy atom. The molecule has 0 amide bonds. The molecule has 0 saturated heterocycles. The predicted molar refractivity (Wildman–Crippen MR) is 69.0 cm³/mol. The van der Waals surface area contributed by atoms with Crippen molar-refractivity contribution in [2.75, 3.05) is 0 Å². The van der Waals surface area contributed by atoms with Gasteiger partial charge in [-0.3, -0.25) is 0 Å². The van der Waals surface area contributed by atoms with Crippen molar-refractivity contribution in [3.63, 3.8) is 0 Å². The molecule has 0 aromatic rings. The van der Waals surface area contributed by atoms with Crippen LogP contribution in [0.15, 0.2) is 0 Å². The van der Waals surface area contributed by atoms with Crippen molar-refractivity contribution < 1.29 is 0 Å². The van der Waals surface area contributed by atoms with E-state index < -0.39 is 0 Å². The van der Waals surface area contributed by atoms with Crippen molar-refractivity contribution in [2.24, 2.45) is 23.7 Å². The molecule has 0 spiro atoms. The van der Waals surface area contributed by atoms with Crippen LogP contribution < -0.4 is 0 Å². The molecule has 15 heavy (non-hydrogen) atoms. The minimum atomic E-state index is 0.907. The quantitative estimate of drug-likeness (QED) is 0.542. The Balaban J connectivity index is 2.39. The second-order valence-corrected chi connectivity index (χ2v) is 6.08. The zero-order chi connectivity index (χ0) is 11.3. The molecule has 1 fully saturated rings. The van der Waals surface area contributed by atoms with Gasteiger partial charge in [0.05, 0.1) is 0 Å². The topological polar surface area (TPSA) is 0 Å². The number of hydrogen-bond donors (Lipinski definition) is 0. The fraction of sp³-hybridized carbons (Fsp3) is 1.00. The van der Waals surface area contributed by atoms with Crippen LogP contribution in [-0.2, 0) is 0 Å². The summed E-state index contributed by atoms with van der Waals surface area (Å²) in [5.74, 6) is 3.97. The van der Waals surface area contributed by atoms with Crippen LogP contribution in [0.3, 0.4) is 0 Å². The van der Waals surface area contributed by atoms with E-state index in [1.165, 1.54) is 44.9 Å². The van der Waals surface area contributed by atoms with Crippen LogP contribution in [0.25, 0.3) is 0 Å². The zero-order valence-corrected chi connectivity index (χ0v) is 11.3. The molecule has 1 aliphatic rings. The molecule has 0 radical (unpaired) electrons. The molecular weight excluding hydrogens is 180 g/mol. The molecular formula is C15H30. The first kappa shape index (κ1) is 13.1. The van der Waals surface area contributed by atoms with Crippen LogP contribution in [0.4, 0.5) is 0 Å². The molecule has 1 saturated carbocycles. The molecule has 0 aliphatic heterocycles. The summed E-state index contributed by atoms with van der Waals surface area (Å²) in [4.78, 5) is 0. The monoisotopic (exact) mass is 210 g/mol. The van der Waals surface area contributed by atoms with E-state index in [0.29, 0.717) is 0 Å². The zero-order valence-electron chi connectivity index (χ0n) is 11.3. The third kappa shape index (κ3) is 4.17. The normalized spacial score (nSPS) is 32.2. The van der Waals surface area contributed by atoms with Crippen LogP contribution in [-0.4, -0.2) is 0 Å². The van der Waals surface area contributed by atoms with Crippen LogP contribution in [0, 0.1) is 23.7 Å². The van der Waals surface area contributed by atoms with Crippen molar-refractivity contribution in [3.8, 4) is 0 Å². The molecule has 0 bridgehead atoms. The molecule has 0 heterocycles. The Morgan fingerprint density at radius 3 is 2.47 bits per heavy atom. The third-order valence-corrected chi connectivity index (χ3v) is 4.34. The average Bonchev–Trinajstić information content (AvgIpc) is 2.18. The van der Waals surface area contributed by atoms with Crippen LogP contribution in [0.2, 0.25) is 0 Å². The summed E-state index contributed by atoms with van der Waals surface area (Å²) >= 11 is 0. The molecule has 1 unspecified atom stereocenters. The minimum Gasteiger partial charge on any atom is -0.0654 e. The van der Waals surface area contributed by atoms with E-state index >= 15 is 0 Å². The maximum Gasteiger partial charge on any atom is -0.0362 e. The first-order valence-corrected chi connectivity index (χ1v) is 7.15. The third-order valence-electron chi connectivity index (χ3n) is 4.34. The van der Waals surface area contributed by atoms with E-state index in [1.807, 2.05) is 0 Å². The molecule has 0 heteroatoms. The van der Waals surface area contributed by atoms with Crippen LogP contribution in [0.1, 0.15) is 72.6 Å². The second-order valence-electron chi connectivity index (χ2n) is 6.08. The largest absolute Gasteiger partial charge is 0.0654 e. The lowest BCUT2D eigenvalue weighted by atomic mass is 9.68. The standard InChI is InChI=1S/C15H30/c1-5-6-7-8-14-11-13(4)9-10-15(14)12(2)3/h12-15H,5-11H2,1-4H3/t13-,14?,15-/m1/s1. The fourth-order valence-electron chi connectivity index (χ4n) is 3.39. The summed E-state index contributed by atoms with van der Waals surface area (Å²) in [7, 11) is 0. The van der Waals surface area contributed by atoms with E-state index in [0.717, 1.165) is 23.7 Å². The van der Waals surface area contributed by atoms with Crippen LogP contribution in [0.5, 0.6) is 0 Å². The summed E-state index contributed by atoms with van der Waals surface area (Å²) in [6.45, 7) is 9.60. The molecule has 0 aromatic heterocycles. The van der Waals surface area contributed by atoms with E-state index in [1.54, 1.807) is 0 Å².